The van der Waals surface area contributed by atoms with Crippen LogP contribution >= 0.6 is 23.2 Å². The number of ether oxygens (including phenoxy) is 4. The van der Waals surface area contributed by atoms with Crippen LogP contribution in [0.25, 0.3) is 0 Å². The lowest BCUT2D eigenvalue weighted by Gasteiger charge is -2.34. The van der Waals surface area contributed by atoms with Crippen LogP contribution in [0.3, 0.4) is 0 Å². The molecule has 1 aliphatic heterocycles. The van der Waals surface area contributed by atoms with Gasteiger partial charge in [-0.15, -0.1) is 0 Å². The fourth-order valence-electron chi connectivity index (χ4n) is 2.85. The Morgan fingerprint density at radius 3 is 2.21 bits per heavy atom. The quantitative estimate of drug-likeness (QED) is 0.511. The summed E-state index contributed by atoms with van der Waals surface area (Å²) in [6.07, 6.45) is 3.56. The van der Waals surface area contributed by atoms with Crippen molar-refractivity contribution in [1.82, 2.24) is 0 Å². The zero-order valence-corrected chi connectivity index (χ0v) is 16.8. The molecule has 1 heterocycles. The number of rotatable bonds is 9. The minimum atomic E-state index is -0.393. The highest BCUT2D eigenvalue weighted by atomic mass is 35.5. The van der Waals surface area contributed by atoms with Gasteiger partial charge in [0.15, 0.2) is 6.10 Å². The Kier molecular flexibility index (Phi) is 8.24. The van der Waals surface area contributed by atoms with Gasteiger partial charge in [-0.1, -0.05) is 83.9 Å². The van der Waals surface area contributed by atoms with Crippen LogP contribution in [-0.2, 0) is 32.2 Å². The molecule has 0 amide bonds. The van der Waals surface area contributed by atoms with Crippen LogP contribution in [0.15, 0.2) is 83.8 Å². The fourth-order valence-corrected chi connectivity index (χ4v) is 2.95. The predicted molar refractivity (Wildman–Crippen MR) is 110 cm³/mol. The van der Waals surface area contributed by atoms with E-state index in [2.05, 4.69) is 0 Å². The Bertz CT molecular complexity index is 761. The van der Waals surface area contributed by atoms with Gasteiger partial charge in [-0.05, 0) is 17.2 Å². The van der Waals surface area contributed by atoms with Gasteiger partial charge < -0.3 is 18.9 Å². The van der Waals surface area contributed by atoms with Crippen LogP contribution in [0.2, 0.25) is 0 Å². The molecule has 0 aromatic heterocycles. The molecule has 1 aliphatic rings. The van der Waals surface area contributed by atoms with Crippen LogP contribution in [0, 0.1) is 0 Å². The van der Waals surface area contributed by atoms with E-state index in [4.69, 9.17) is 42.1 Å². The average Bonchev–Trinajstić information content (AvgIpc) is 2.73. The van der Waals surface area contributed by atoms with Crippen molar-refractivity contribution in [1.29, 1.82) is 0 Å². The van der Waals surface area contributed by atoms with E-state index in [9.17, 15) is 0 Å². The van der Waals surface area contributed by atoms with E-state index in [0.29, 0.717) is 19.8 Å². The van der Waals surface area contributed by atoms with Gasteiger partial charge in [-0.2, -0.15) is 0 Å². The Hall–Kier alpha value is -1.98. The zero-order valence-electron chi connectivity index (χ0n) is 15.2. The minimum Gasteiger partial charge on any atom is -0.493 e. The highest BCUT2D eigenvalue weighted by molar-refractivity contribution is 6.55. The molecule has 28 heavy (non-hydrogen) atoms. The van der Waals surface area contributed by atoms with Crippen LogP contribution in [0.1, 0.15) is 11.1 Å². The normalized spacial score (nSPS) is 21.0. The summed E-state index contributed by atoms with van der Waals surface area (Å²) in [5.41, 5.74) is 2.16. The molecule has 0 unspecified atom stereocenters. The molecule has 0 fully saturated rings. The van der Waals surface area contributed by atoms with Crippen LogP contribution in [0.5, 0.6) is 0 Å². The standard InChI is InChI=1S/C22H22Cl2O4/c23-21(24)16-27-19-11-12-26-20(15-25-13-17-7-3-1-4-8-17)22(19)28-14-18-9-5-2-6-10-18/h1-12,16,19-20,22H,13-15H2/t19-,20-,22+/m1/s1. The van der Waals surface area contributed by atoms with Gasteiger partial charge in [0.1, 0.15) is 23.0 Å². The zero-order chi connectivity index (χ0) is 19.6. The molecule has 148 valence electrons. The molecule has 0 bridgehead atoms. The van der Waals surface area contributed by atoms with E-state index < -0.39 is 6.10 Å². The van der Waals surface area contributed by atoms with Crippen molar-refractivity contribution in [3.8, 4) is 0 Å². The van der Waals surface area contributed by atoms with Crippen molar-refractivity contribution in [3.63, 3.8) is 0 Å². The van der Waals surface area contributed by atoms with Crippen molar-refractivity contribution >= 4 is 23.2 Å². The molecule has 3 rings (SSSR count). The fraction of sp³-hybridized carbons (Fsp3) is 0.273. The van der Waals surface area contributed by atoms with Gasteiger partial charge in [0.05, 0.1) is 26.1 Å². The summed E-state index contributed by atoms with van der Waals surface area (Å²) in [4.78, 5) is 0. The van der Waals surface area contributed by atoms with Crippen molar-refractivity contribution in [2.24, 2.45) is 0 Å². The van der Waals surface area contributed by atoms with E-state index in [-0.39, 0.29) is 16.7 Å². The molecule has 0 spiro atoms. The summed E-state index contributed by atoms with van der Waals surface area (Å²) >= 11 is 11.4. The van der Waals surface area contributed by atoms with E-state index in [1.165, 1.54) is 6.26 Å². The first-order valence-corrected chi connectivity index (χ1v) is 9.74. The lowest BCUT2D eigenvalue weighted by Crippen LogP contribution is -2.45. The molecule has 6 heteroatoms. The molecular formula is C22H22Cl2O4. The molecule has 3 atom stereocenters. The highest BCUT2D eigenvalue weighted by Crippen LogP contribution is 2.22. The maximum atomic E-state index is 6.13. The third kappa shape index (κ3) is 6.57. The second-order valence-corrected chi connectivity index (χ2v) is 7.28. The van der Waals surface area contributed by atoms with Crippen molar-refractivity contribution in [2.75, 3.05) is 6.61 Å². The van der Waals surface area contributed by atoms with Gasteiger partial charge in [-0.25, -0.2) is 0 Å². The molecule has 2 aromatic rings. The molecule has 2 aromatic carbocycles. The van der Waals surface area contributed by atoms with E-state index in [1.807, 2.05) is 60.7 Å². The lowest BCUT2D eigenvalue weighted by molar-refractivity contribution is -0.132. The monoisotopic (exact) mass is 420 g/mol. The maximum Gasteiger partial charge on any atom is 0.151 e. The summed E-state index contributed by atoms with van der Waals surface area (Å²) in [6, 6.07) is 19.9. The summed E-state index contributed by atoms with van der Waals surface area (Å²) in [6.45, 7) is 1.28. The van der Waals surface area contributed by atoms with Crippen molar-refractivity contribution in [3.05, 3.63) is 94.9 Å². The van der Waals surface area contributed by atoms with Gasteiger partial charge in [0, 0.05) is 0 Å². The molecule has 0 saturated heterocycles. The van der Waals surface area contributed by atoms with Gasteiger partial charge >= 0.3 is 0 Å². The highest BCUT2D eigenvalue weighted by Gasteiger charge is 2.34. The average molecular weight is 421 g/mol. The Morgan fingerprint density at radius 2 is 1.57 bits per heavy atom. The SMILES string of the molecule is ClC(Cl)=CO[C@@H]1C=CO[C@H](COCc2ccccc2)[C@H]1OCc1ccccc1. The third-order valence-electron chi connectivity index (χ3n) is 4.21. The molecule has 0 radical (unpaired) electrons. The second kappa shape index (κ2) is 11.1. The second-order valence-electron chi connectivity index (χ2n) is 6.27. The number of benzene rings is 2. The lowest BCUT2D eigenvalue weighted by atomic mass is 10.1. The van der Waals surface area contributed by atoms with Crippen molar-refractivity contribution < 1.29 is 18.9 Å². The first-order valence-electron chi connectivity index (χ1n) is 8.98. The van der Waals surface area contributed by atoms with E-state index in [0.717, 1.165) is 11.1 Å². The van der Waals surface area contributed by atoms with Crippen LogP contribution in [0.4, 0.5) is 0 Å². The first-order chi connectivity index (χ1) is 13.7. The van der Waals surface area contributed by atoms with E-state index >= 15 is 0 Å². The third-order valence-corrected chi connectivity index (χ3v) is 4.38. The molecule has 0 N–H and O–H groups in total. The molecule has 4 nitrogen and oxygen atoms in total. The van der Waals surface area contributed by atoms with E-state index in [1.54, 1.807) is 12.3 Å². The van der Waals surface area contributed by atoms with Crippen molar-refractivity contribution in [2.45, 2.75) is 31.5 Å². The van der Waals surface area contributed by atoms with Gasteiger partial charge in [-0.3, -0.25) is 0 Å². The Labute approximate surface area is 175 Å². The van der Waals surface area contributed by atoms with Crippen LogP contribution in [-0.4, -0.2) is 24.9 Å². The van der Waals surface area contributed by atoms with Crippen LogP contribution < -0.4 is 0 Å². The predicted octanol–water partition coefficient (Wildman–Crippen LogP) is 5.36. The Morgan fingerprint density at radius 1 is 0.929 bits per heavy atom. The Balaban J connectivity index is 1.63. The largest absolute Gasteiger partial charge is 0.493 e. The number of hydrogen-bond donors (Lipinski definition) is 0. The summed E-state index contributed by atoms with van der Waals surface area (Å²) in [5, 5.41) is 0. The van der Waals surface area contributed by atoms with Gasteiger partial charge in [0.25, 0.3) is 0 Å². The molecule has 0 aliphatic carbocycles. The van der Waals surface area contributed by atoms with Gasteiger partial charge in [0.2, 0.25) is 0 Å². The number of halogens is 2. The summed E-state index contributed by atoms with van der Waals surface area (Å²) in [7, 11) is 0. The minimum absolute atomic E-state index is 0.0404. The number of hydrogen-bond acceptors (Lipinski definition) is 4. The summed E-state index contributed by atoms with van der Waals surface area (Å²) in [5.74, 6) is 0. The first kappa shape index (κ1) is 20.7. The molecule has 0 saturated carbocycles. The molecular weight excluding hydrogens is 399 g/mol. The topological polar surface area (TPSA) is 36.9 Å². The smallest absolute Gasteiger partial charge is 0.151 e. The maximum absolute atomic E-state index is 6.13. The summed E-state index contributed by atoms with van der Waals surface area (Å²) < 4.78 is 23.5.